The molecule has 0 unspecified atom stereocenters. The number of aldehydes is 1. The fourth-order valence-corrected chi connectivity index (χ4v) is 1.93. The molecular formula is C16H16O3. The molecule has 0 N–H and O–H groups in total. The summed E-state index contributed by atoms with van der Waals surface area (Å²) in [6.45, 7) is 2.13. The molecular weight excluding hydrogens is 240 g/mol. The molecule has 0 spiro atoms. The van der Waals surface area contributed by atoms with E-state index >= 15 is 0 Å². The topological polar surface area (TPSA) is 35.5 Å². The molecule has 0 amide bonds. The molecule has 0 atom stereocenters. The van der Waals surface area contributed by atoms with E-state index in [0.717, 1.165) is 28.7 Å². The van der Waals surface area contributed by atoms with Crippen molar-refractivity contribution in [3.05, 3.63) is 53.6 Å². The van der Waals surface area contributed by atoms with Crippen LogP contribution in [-0.4, -0.2) is 20.2 Å². The summed E-state index contributed by atoms with van der Waals surface area (Å²) in [7, 11) is 1.59. The third-order valence-corrected chi connectivity index (χ3v) is 2.93. The first-order chi connectivity index (χ1) is 9.26. The molecule has 98 valence electrons. The van der Waals surface area contributed by atoms with Crippen LogP contribution in [0.2, 0.25) is 0 Å². The number of aryl methyl sites for hydroxylation is 1. The Morgan fingerprint density at radius 1 is 1.16 bits per heavy atom. The third kappa shape index (κ3) is 3.01. The molecule has 0 aliphatic heterocycles. The van der Waals surface area contributed by atoms with Gasteiger partial charge in [-0.3, -0.25) is 4.79 Å². The van der Waals surface area contributed by atoms with Crippen molar-refractivity contribution in [1.29, 1.82) is 0 Å². The molecule has 0 aliphatic carbocycles. The largest absolute Gasteiger partial charge is 0.467 e. The Bertz CT molecular complexity index is 576. The van der Waals surface area contributed by atoms with Crippen molar-refractivity contribution in [3.63, 3.8) is 0 Å². The van der Waals surface area contributed by atoms with Gasteiger partial charge < -0.3 is 9.47 Å². The van der Waals surface area contributed by atoms with Crippen molar-refractivity contribution in [1.82, 2.24) is 0 Å². The minimum Gasteiger partial charge on any atom is -0.467 e. The van der Waals surface area contributed by atoms with Crippen LogP contribution in [0.4, 0.5) is 0 Å². The summed E-state index contributed by atoms with van der Waals surface area (Å²) >= 11 is 0. The smallest absolute Gasteiger partial charge is 0.188 e. The number of rotatable bonds is 5. The van der Waals surface area contributed by atoms with Crippen molar-refractivity contribution in [2.45, 2.75) is 6.92 Å². The Hall–Kier alpha value is -2.13. The number of carbonyl (C=O) groups is 1. The highest BCUT2D eigenvalue weighted by Crippen LogP contribution is 2.30. The highest BCUT2D eigenvalue weighted by atomic mass is 16.7. The second-order valence-electron chi connectivity index (χ2n) is 4.24. The monoisotopic (exact) mass is 256 g/mol. The number of para-hydroxylation sites is 1. The van der Waals surface area contributed by atoms with Crippen LogP contribution in [0.5, 0.6) is 5.75 Å². The SMILES string of the molecule is COCOc1ccccc1-c1ccc(C=O)c(C)c1. The van der Waals surface area contributed by atoms with Gasteiger partial charge in [-0.1, -0.05) is 36.4 Å². The highest BCUT2D eigenvalue weighted by Gasteiger charge is 2.07. The summed E-state index contributed by atoms with van der Waals surface area (Å²) in [6, 6.07) is 13.5. The summed E-state index contributed by atoms with van der Waals surface area (Å²) in [4.78, 5) is 10.8. The van der Waals surface area contributed by atoms with Gasteiger partial charge in [0.15, 0.2) is 6.79 Å². The standard InChI is InChI=1S/C16H16O3/c1-12-9-13(7-8-14(12)10-17)15-5-3-4-6-16(15)19-11-18-2/h3-10H,11H2,1-2H3. The molecule has 19 heavy (non-hydrogen) atoms. The zero-order valence-corrected chi connectivity index (χ0v) is 11.1. The highest BCUT2D eigenvalue weighted by molar-refractivity contribution is 5.80. The predicted octanol–water partition coefficient (Wildman–Crippen LogP) is 3.46. The Kier molecular flexibility index (Phi) is 4.31. The van der Waals surface area contributed by atoms with Crippen LogP contribution in [-0.2, 0) is 4.74 Å². The summed E-state index contributed by atoms with van der Waals surface area (Å²) in [6.07, 6.45) is 0.868. The van der Waals surface area contributed by atoms with E-state index in [1.165, 1.54) is 0 Å². The van der Waals surface area contributed by atoms with Crippen LogP contribution in [0.3, 0.4) is 0 Å². The van der Waals surface area contributed by atoms with Crippen molar-refractivity contribution in [2.75, 3.05) is 13.9 Å². The Balaban J connectivity index is 2.40. The second-order valence-corrected chi connectivity index (χ2v) is 4.24. The maximum Gasteiger partial charge on any atom is 0.188 e. The lowest BCUT2D eigenvalue weighted by molar-refractivity contribution is 0.0515. The van der Waals surface area contributed by atoms with Crippen LogP contribution in [0.25, 0.3) is 11.1 Å². The van der Waals surface area contributed by atoms with Gasteiger partial charge in [0.25, 0.3) is 0 Å². The molecule has 0 saturated carbocycles. The van der Waals surface area contributed by atoms with Crippen molar-refractivity contribution >= 4 is 6.29 Å². The van der Waals surface area contributed by atoms with Crippen LogP contribution in [0.1, 0.15) is 15.9 Å². The van der Waals surface area contributed by atoms with E-state index in [2.05, 4.69) is 0 Å². The van der Waals surface area contributed by atoms with E-state index < -0.39 is 0 Å². The van der Waals surface area contributed by atoms with E-state index in [1.54, 1.807) is 7.11 Å². The molecule has 0 aliphatic rings. The van der Waals surface area contributed by atoms with Gasteiger partial charge in [-0.2, -0.15) is 0 Å². The Morgan fingerprint density at radius 2 is 1.95 bits per heavy atom. The van der Waals surface area contributed by atoms with E-state index in [4.69, 9.17) is 9.47 Å². The molecule has 0 aromatic heterocycles. The summed E-state index contributed by atoms with van der Waals surface area (Å²) < 4.78 is 10.5. The van der Waals surface area contributed by atoms with E-state index in [-0.39, 0.29) is 6.79 Å². The lowest BCUT2D eigenvalue weighted by Gasteiger charge is -2.11. The number of carbonyl (C=O) groups excluding carboxylic acids is 1. The average molecular weight is 256 g/mol. The van der Waals surface area contributed by atoms with Crippen LogP contribution in [0, 0.1) is 6.92 Å². The van der Waals surface area contributed by atoms with Gasteiger partial charge in [0.1, 0.15) is 12.0 Å². The number of hydrogen-bond donors (Lipinski definition) is 0. The molecule has 0 fully saturated rings. The fraction of sp³-hybridized carbons (Fsp3) is 0.188. The number of methoxy groups -OCH3 is 1. The van der Waals surface area contributed by atoms with E-state index in [9.17, 15) is 4.79 Å². The second kappa shape index (κ2) is 6.16. The van der Waals surface area contributed by atoms with Gasteiger partial charge >= 0.3 is 0 Å². The van der Waals surface area contributed by atoms with Gasteiger partial charge in [0.05, 0.1) is 0 Å². The predicted molar refractivity (Wildman–Crippen MR) is 74.5 cm³/mol. The zero-order valence-electron chi connectivity index (χ0n) is 11.1. The summed E-state index contributed by atoms with van der Waals surface area (Å²) in [5.74, 6) is 0.766. The molecule has 2 aromatic carbocycles. The molecule has 0 heterocycles. The lowest BCUT2D eigenvalue weighted by Crippen LogP contribution is -2.00. The minimum absolute atomic E-state index is 0.211. The van der Waals surface area contributed by atoms with Crippen LogP contribution >= 0.6 is 0 Å². The number of hydrogen-bond acceptors (Lipinski definition) is 3. The molecule has 2 rings (SSSR count). The Morgan fingerprint density at radius 3 is 2.63 bits per heavy atom. The van der Waals surface area contributed by atoms with E-state index in [0.29, 0.717) is 5.56 Å². The van der Waals surface area contributed by atoms with Crippen molar-refractivity contribution in [3.8, 4) is 16.9 Å². The fourth-order valence-electron chi connectivity index (χ4n) is 1.93. The van der Waals surface area contributed by atoms with Gasteiger partial charge in [-0.15, -0.1) is 0 Å². The van der Waals surface area contributed by atoms with Gasteiger partial charge in [0, 0.05) is 18.2 Å². The third-order valence-electron chi connectivity index (χ3n) is 2.93. The first-order valence-electron chi connectivity index (χ1n) is 6.03. The van der Waals surface area contributed by atoms with Gasteiger partial charge in [0.2, 0.25) is 0 Å². The lowest BCUT2D eigenvalue weighted by atomic mass is 10.00. The van der Waals surface area contributed by atoms with E-state index in [1.807, 2.05) is 49.4 Å². The van der Waals surface area contributed by atoms with Crippen molar-refractivity contribution in [2.24, 2.45) is 0 Å². The van der Waals surface area contributed by atoms with Gasteiger partial charge in [-0.05, 0) is 24.1 Å². The van der Waals surface area contributed by atoms with Crippen molar-refractivity contribution < 1.29 is 14.3 Å². The number of benzene rings is 2. The Labute approximate surface area is 112 Å². The molecule has 0 radical (unpaired) electrons. The average Bonchev–Trinajstić information content (AvgIpc) is 2.45. The summed E-state index contributed by atoms with van der Waals surface area (Å²) in [5.41, 5.74) is 3.67. The number of ether oxygens (including phenoxy) is 2. The first-order valence-corrected chi connectivity index (χ1v) is 6.03. The normalized spacial score (nSPS) is 10.2. The molecule has 0 saturated heterocycles. The quantitative estimate of drug-likeness (QED) is 0.607. The molecule has 0 bridgehead atoms. The van der Waals surface area contributed by atoms with Crippen LogP contribution < -0.4 is 4.74 Å². The first kappa shape index (κ1) is 13.3. The molecule has 3 heteroatoms. The molecule has 2 aromatic rings. The maximum absolute atomic E-state index is 10.8. The van der Waals surface area contributed by atoms with Gasteiger partial charge in [-0.25, -0.2) is 0 Å². The molecule has 3 nitrogen and oxygen atoms in total. The minimum atomic E-state index is 0.211. The summed E-state index contributed by atoms with van der Waals surface area (Å²) in [5, 5.41) is 0. The maximum atomic E-state index is 10.8. The zero-order chi connectivity index (χ0) is 13.7. The van der Waals surface area contributed by atoms with Crippen LogP contribution in [0.15, 0.2) is 42.5 Å².